The highest BCUT2D eigenvalue weighted by Gasteiger charge is 2.21. The van der Waals surface area contributed by atoms with Crippen molar-refractivity contribution < 1.29 is 4.74 Å². The normalized spacial score (nSPS) is 25.2. The minimum absolute atomic E-state index is 0.520. The zero-order chi connectivity index (χ0) is 10.7. The van der Waals surface area contributed by atoms with Crippen molar-refractivity contribution in [2.75, 3.05) is 12.4 Å². The second-order valence-electron chi connectivity index (χ2n) is 4.18. The van der Waals surface area contributed by atoms with E-state index in [0.29, 0.717) is 17.9 Å². The monoisotopic (exact) mass is 207 g/mol. The van der Waals surface area contributed by atoms with Crippen LogP contribution >= 0.6 is 0 Å². The lowest BCUT2D eigenvalue weighted by Gasteiger charge is -2.12. The third-order valence-electron chi connectivity index (χ3n) is 2.87. The number of anilines is 1. The van der Waals surface area contributed by atoms with Gasteiger partial charge in [-0.3, -0.25) is 0 Å². The minimum Gasteiger partial charge on any atom is -0.481 e. The number of nitrogens with zero attached hydrogens (tertiary/aromatic N) is 2. The second kappa shape index (κ2) is 4.47. The van der Waals surface area contributed by atoms with Gasteiger partial charge in [0.1, 0.15) is 0 Å². The van der Waals surface area contributed by atoms with Crippen LogP contribution in [-0.4, -0.2) is 23.1 Å². The number of rotatable bonds is 3. The number of ether oxygens (including phenoxy) is 1. The quantitative estimate of drug-likeness (QED) is 0.824. The molecule has 1 N–H and O–H groups in total. The van der Waals surface area contributed by atoms with Gasteiger partial charge in [-0.1, -0.05) is 6.92 Å². The first-order chi connectivity index (χ1) is 7.28. The Morgan fingerprint density at radius 3 is 3.00 bits per heavy atom. The number of methoxy groups -OCH3 is 1. The molecule has 82 valence electrons. The molecule has 0 saturated heterocycles. The van der Waals surface area contributed by atoms with Crippen LogP contribution in [0.5, 0.6) is 5.88 Å². The Kier molecular flexibility index (Phi) is 3.04. The van der Waals surface area contributed by atoms with Gasteiger partial charge < -0.3 is 10.1 Å². The van der Waals surface area contributed by atoms with Crippen molar-refractivity contribution in [3.63, 3.8) is 0 Å². The van der Waals surface area contributed by atoms with E-state index in [1.807, 2.05) is 0 Å². The fraction of sp³-hybridized carbons (Fsp3) is 0.636. The molecule has 0 radical (unpaired) electrons. The predicted octanol–water partition coefficient (Wildman–Crippen LogP) is 2.09. The van der Waals surface area contributed by atoms with Crippen molar-refractivity contribution in [1.82, 2.24) is 9.97 Å². The summed E-state index contributed by atoms with van der Waals surface area (Å²) in [5.74, 6) is 2.10. The molecule has 2 atom stereocenters. The molecule has 0 bridgehead atoms. The van der Waals surface area contributed by atoms with Crippen LogP contribution in [-0.2, 0) is 0 Å². The molecular formula is C11H17N3O. The third-order valence-corrected chi connectivity index (χ3v) is 2.87. The zero-order valence-electron chi connectivity index (χ0n) is 9.23. The van der Waals surface area contributed by atoms with E-state index in [2.05, 4.69) is 22.2 Å². The lowest BCUT2D eigenvalue weighted by molar-refractivity contribution is 0.397. The van der Waals surface area contributed by atoms with Gasteiger partial charge in [0.15, 0.2) is 0 Å². The van der Waals surface area contributed by atoms with Gasteiger partial charge in [-0.05, 0) is 25.2 Å². The molecular weight excluding hydrogens is 190 g/mol. The smallest absolute Gasteiger partial charge is 0.226 e. The van der Waals surface area contributed by atoms with Crippen LogP contribution in [0.2, 0.25) is 0 Å². The van der Waals surface area contributed by atoms with E-state index in [1.165, 1.54) is 19.3 Å². The lowest BCUT2D eigenvalue weighted by Crippen LogP contribution is -2.17. The molecule has 1 aliphatic carbocycles. The van der Waals surface area contributed by atoms with Gasteiger partial charge in [0.25, 0.3) is 0 Å². The SMILES string of the molecule is COc1ccnc(NC2CCC(C)C2)n1. The zero-order valence-corrected chi connectivity index (χ0v) is 9.23. The van der Waals surface area contributed by atoms with E-state index in [4.69, 9.17) is 4.74 Å². The average Bonchev–Trinajstić information content (AvgIpc) is 2.64. The van der Waals surface area contributed by atoms with Gasteiger partial charge in [-0.25, -0.2) is 4.98 Å². The largest absolute Gasteiger partial charge is 0.481 e. The minimum atomic E-state index is 0.520. The highest BCUT2D eigenvalue weighted by atomic mass is 16.5. The van der Waals surface area contributed by atoms with Gasteiger partial charge in [0.2, 0.25) is 11.8 Å². The molecule has 1 aromatic heterocycles. The fourth-order valence-electron chi connectivity index (χ4n) is 2.05. The van der Waals surface area contributed by atoms with E-state index < -0.39 is 0 Å². The molecule has 0 amide bonds. The first-order valence-corrected chi connectivity index (χ1v) is 5.41. The van der Waals surface area contributed by atoms with Gasteiger partial charge in [0.05, 0.1) is 7.11 Å². The first kappa shape index (κ1) is 10.2. The van der Waals surface area contributed by atoms with Crippen molar-refractivity contribution in [3.8, 4) is 5.88 Å². The summed E-state index contributed by atoms with van der Waals surface area (Å²) in [6.45, 7) is 2.29. The third kappa shape index (κ3) is 2.58. The molecule has 4 heteroatoms. The molecule has 0 aromatic carbocycles. The molecule has 0 aliphatic heterocycles. The maximum atomic E-state index is 5.05. The Hall–Kier alpha value is -1.32. The van der Waals surface area contributed by atoms with Gasteiger partial charge in [-0.15, -0.1) is 0 Å². The summed E-state index contributed by atoms with van der Waals surface area (Å²) in [5, 5.41) is 3.34. The second-order valence-corrected chi connectivity index (χ2v) is 4.18. The number of hydrogen-bond acceptors (Lipinski definition) is 4. The van der Waals surface area contributed by atoms with Gasteiger partial charge >= 0.3 is 0 Å². The van der Waals surface area contributed by atoms with Crippen LogP contribution in [0.1, 0.15) is 26.2 Å². The van der Waals surface area contributed by atoms with Gasteiger partial charge in [-0.2, -0.15) is 4.98 Å². The van der Waals surface area contributed by atoms with Crippen LogP contribution in [0.25, 0.3) is 0 Å². The van der Waals surface area contributed by atoms with E-state index in [-0.39, 0.29) is 0 Å². The lowest BCUT2D eigenvalue weighted by atomic mass is 10.1. The molecule has 1 saturated carbocycles. The van der Waals surface area contributed by atoms with Crippen LogP contribution in [0, 0.1) is 5.92 Å². The summed E-state index contributed by atoms with van der Waals surface area (Å²) in [5.41, 5.74) is 0. The molecule has 0 spiro atoms. The van der Waals surface area contributed by atoms with Gasteiger partial charge in [0, 0.05) is 18.3 Å². The summed E-state index contributed by atoms with van der Waals surface area (Å²) < 4.78 is 5.05. The Balaban J connectivity index is 1.98. The predicted molar refractivity (Wildman–Crippen MR) is 59.0 cm³/mol. The Morgan fingerprint density at radius 2 is 2.33 bits per heavy atom. The molecule has 1 aliphatic rings. The highest BCUT2D eigenvalue weighted by Crippen LogP contribution is 2.26. The Bertz CT molecular complexity index is 329. The molecule has 2 rings (SSSR count). The average molecular weight is 207 g/mol. The van der Waals surface area contributed by atoms with Crippen molar-refractivity contribution in [2.24, 2.45) is 5.92 Å². The summed E-state index contributed by atoms with van der Waals surface area (Å²) in [6.07, 6.45) is 5.43. The highest BCUT2D eigenvalue weighted by molar-refractivity contribution is 5.29. The molecule has 1 fully saturated rings. The number of hydrogen-bond donors (Lipinski definition) is 1. The summed E-state index contributed by atoms with van der Waals surface area (Å²) in [6, 6.07) is 2.27. The van der Waals surface area contributed by atoms with Crippen molar-refractivity contribution in [1.29, 1.82) is 0 Å². The van der Waals surface area contributed by atoms with E-state index in [1.54, 1.807) is 19.4 Å². The number of aromatic nitrogens is 2. The van der Waals surface area contributed by atoms with E-state index >= 15 is 0 Å². The number of nitrogens with one attached hydrogen (secondary N) is 1. The molecule has 15 heavy (non-hydrogen) atoms. The molecule has 1 aromatic rings. The van der Waals surface area contributed by atoms with Crippen molar-refractivity contribution >= 4 is 5.95 Å². The van der Waals surface area contributed by atoms with Crippen LogP contribution in [0.15, 0.2) is 12.3 Å². The topological polar surface area (TPSA) is 47.0 Å². The van der Waals surface area contributed by atoms with Crippen molar-refractivity contribution in [2.45, 2.75) is 32.2 Å². The maximum absolute atomic E-state index is 5.05. The maximum Gasteiger partial charge on any atom is 0.226 e. The van der Waals surface area contributed by atoms with E-state index in [0.717, 1.165) is 5.92 Å². The fourth-order valence-corrected chi connectivity index (χ4v) is 2.05. The molecule has 4 nitrogen and oxygen atoms in total. The summed E-state index contributed by atoms with van der Waals surface area (Å²) in [7, 11) is 1.61. The molecule has 2 unspecified atom stereocenters. The van der Waals surface area contributed by atoms with E-state index in [9.17, 15) is 0 Å². The van der Waals surface area contributed by atoms with Crippen LogP contribution in [0.4, 0.5) is 5.95 Å². The van der Waals surface area contributed by atoms with Crippen LogP contribution < -0.4 is 10.1 Å². The van der Waals surface area contributed by atoms with Crippen molar-refractivity contribution in [3.05, 3.63) is 12.3 Å². The van der Waals surface area contributed by atoms with Crippen LogP contribution in [0.3, 0.4) is 0 Å². The molecule has 1 heterocycles. The Labute approximate surface area is 90.1 Å². The standard InChI is InChI=1S/C11H17N3O/c1-8-3-4-9(7-8)13-11-12-6-5-10(14-11)15-2/h5-6,8-9H,3-4,7H2,1-2H3,(H,12,13,14). The first-order valence-electron chi connectivity index (χ1n) is 5.41. The summed E-state index contributed by atoms with van der Waals surface area (Å²) >= 11 is 0. The summed E-state index contributed by atoms with van der Waals surface area (Å²) in [4.78, 5) is 8.41. The Morgan fingerprint density at radius 1 is 1.47 bits per heavy atom.